The molecule has 0 amide bonds. The number of benzene rings is 7. The molecule has 0 spiro atoms. The van der Waals surface area contributed by atoms with Crippen molar-refractivity contribution in [1.82, 2.24) is 0 Å². The summed E-state index contributed by atoms with van der Waals surface area (Å²) in [4.78, 5) is 5.08. The number of anilines is 6. The molecule has 59 heavy (non-hydrogen) atoms. The highest BCUT2D eigenvalue weighted by atomic mass is 16.3. The van der Waals surface area contributed by atoms with Gasteiger partial charge in [-0.25, -0.2) is 0 Å². The minimum absolute atomic E-state index is 0.00659. The van der Waals surface area contributed by atoms with Gasteiger partial charge in [-0.05, 0) is 122 Å². The van der Waals surface area contributed by atoms with Crippen molar-refractivity contribution >= 4 is 79.2 Å². The fraction of sp³-hybridized carbons (Fsp3) is 0.236. The second kappa shape index (κ2) is 13.0. The molecule has 2 aliphatic heterocycles. The molecule has 10 rings (SSSR count). The molecule has 0 aliphatic carbocycles. The van der Waals surface area contributed by atoms with Crippen molar-refractivity contribution in [2.24, 2.45) is 0 Å². The van der Waals surface area contributed by atoms with Crippen molar-refractivity contribution < 1.29 is 4.42 Å². The molecule has 0 unspecified atom stereocenters. The summed E-state index contributed by atoms with van der Waals surface area (Å²) in [6.07, 6.45) is 0. The number of hydrogen-bond acceptors (Lipinski definition) is 3. The third-order valence-electron chi connectivity index (χ3n) is 12.8. The summed E-state index contributed by atoms with van der Waals surface area (Å²) in [5.41, 5.74) is 20.6. The Morgan fingerprint density at radius 3 is 1.78 bits per heavy atom. The zero-order chi connectivity index (χ0) is 41.2. The molecule has 3 heterocycles. The Morgan fingerprint density at radius 1 is 0.458 bits per heavy atom. The average molecular weight is 769 g/mol. The molecule has 0 saturated carbocycles. The zero-order valence-electron chi connectivity index (χ0n) is 36.2. The van der Waals surface area contributed by atoms with Gasteiger partial charge < -0.3 is 14.2 Å². The molecule has 7 aromatic carbocycles. The highest BCUT2D eigenvalue weighted by Crippen LogP contribution is 2.47. The van der Waals surface area contributed by atoms with E-state index in [1.165, 1.54) is 67.1 Å². The molecule has 0 bridgehead atoms. The maximum absolute atomic E-state index is 6.58. The Kier molecular flexibility index (Phi) is 8.22. The smallest absolute Gasteiger partial charge is 0.252 e. The van der Waals surface area contributed by atoms with Crippen molar-refractivity contribution in [2.45, 2.75) is 85.5 Å². The van der Waals surface area contributed by atoms with Gasteiger partial charge >= 0.3 is 0 Å². The van der Waals surface area contributed by atoms with Crippen molar-refractivity contribution in [3.63, 3.8) is 0 Å². The fourth-order valence-corrected chi connectivity index (χ4v) is 9.52. The first-order valence-corrected chi connectivity index (χ1v) is 21.2. The van der Waals surface area contributed by atoms with E-state index >= 15 is 0 Å². The number of aryl methyl sites for hydroxylation is 1. The summed E-state index contributed by atoms with van der Waals surface area (Å²) < 4.78 is 6.58. The topological polar surface area (TPSA) is 19.6 Å². The van der Waals surface area contributed by atoms with Gasteiger partial charge in [-0.1, -0.05) is 147 Å². The fourth-order valence-electron chi connectivity index (χ4n) is 9.52. The van der Waals surface area contributed by atoms with Gasteiger partial charge in [0.15, 0.2) is 0 Å². The molecule has 2 aliphatic rings. The van der Waals surface area contributed by atoms with E-state index in [-0.39, 0.29) is 23.0 Å². The van der Waals surface area contributed by atoms with Gasteiger partial charge in [0.2, 0.25) is 0 Å². The van der Waals surface area contributed by atoms with E-state index in [1.807, 2.05) is 6.07 Å². The van der Waals surface area contributed by atoms with Crippen LogP contribution in [0.3, 0.4) is 0 Å². The number of nitrogens with zero attached hydrogens (tertiary/aromatic N) is 2. The molecule has 292 valence electrons. The van der Waals surface area contributed by atoms with Gasteiger partial charge in [-0.15, -0.1) is 0 Å². The lowest BCUT2D eigenvalue weighted by Crippen LogP contribution is -2.61. The van der Waals surface area contributed by atoms with Crippen LogP contribution in [0.1, 0.15) is 84.6 Å². The number of fused-ring (bicyclic) bond motifs is 7. The van der Waals surface area contributed by atoms with Crippen LogP contribution in [0, 0.1) is 6.92 Å². The number of furan rings is 1. The van der Waals surface area contributed by atoms with Crippen LogP contribution in [0.25, 0.3) is 33.1 Å². The minimum Gasteiger partial charge on any atom is -0.455 e. The Morgan fingerprint density at radius 2 is 1.07 bits per heavy atom. The molecular formula is C55H53BN2O. The maximum atomic E-state index is 6.58. The van der Waals surface area contributed by atoms with Crippen molar-refractivity contribution in [3.8, 4) is 11.1 Å². The van der Waals surface area contributed by atoms with Crippen LogP contribution in [0.15, 0.2) is 144 Å². The first-order valence-electron chi connectivity index (χ1n) is 21.2. The molecule has 0 N–H and O–H groups in total. The standard InChI is InChI=1S/C55H53BN2O/c1-34-29-48-51-49(30-34)58(40-16-13-15-35(31-40)41-18-14-19-43-42-17-11-12-20-50(42)59-52(41)43)47-33-38(55(8,9)10)23-27-44(47)56(51)45-32-37(54(5,6)7)24-28-46(45)57(48)39-25-21-36(22-26-39)53(2,3)4/h11-33H,1-10H3. The number of hydrogen-bond donors (Lipinski definition) is 0. The monoisotopic (exact) mass is 768 g/mol. The van der Waals surface area contributed by atoms with Crippen molar-refractivity contribution in [2.75, 3.05) is 9.80 Å². The molecule has 0 fully saturated rings. The van der Waals surface area contributed by atoms with Crippen LogP contribution in [0.5, 0.6) is 0 Å². The minimum atomic E-state index is -0.0303. The molecule has 3 nitrogen and oxygen atoms in total. The van der Waals surface area contributed by atoms with E-state index in [1.54, 1.807) is 0 Å². The second-order valence-corrected chi connectivity index (χ2v) is 20.0. The Labute approximate surface area is 350 Å². The van der Waals surface area contributed by atoms with E-state index in [0.29, 0.717) is 0 Å². The van der Waals surface area contributed by atoms with Gasteiger partial charge in [0.1, 0.15) is 11.2 Å². The van der Waals surface area contributed by atoms with Crippen molar-refractivity contribution in [3.05, 3.63) is 162 Å². The lowest BCUT2D eigenvalue weighted by molar-refractivity contribution is 0.590. The summed E-state index contributed by atoms with van der Waals surface area (Å²) >= 11 is 0. The van der Waals surface area contributed by atoms with E-state index in [2.05, 4.69) is 212 Å². The van der Waals surface area contributed by atoms with E-state index in [9.17, 15) is 0 Å². The van der Waals surface area contributed by atoms with Gasteiger partial charge in [-0.3, -0.25) is 0 Å². The summed E-state index contributed by atoms with van der Waals surface area (Å²) in [5.74, 6) is 0. The SMILES string of the molecule is Cc1cc2c3c(c1)N(c1cccc(-c4cccc5c4oc4ccccc45)c1)c1cc(C(C)(C)C)ccc1B3c1cc(C(C)(C)C)ccc1N2c1ccc(C(C)(C)C)cc1. The second-order valence-electron chi connectivity index (χ2n) is 20.0. The molecule has 0 atom stereocenters. The molecule has 0 saturated heterocycles. The summed E-state index contributed by atoms with van der Waals surface area (Å²) in [5, 5.41) is 2.28. The predicted molar refractivity (Wildman–Crippen MR) is 254 cm³/mol. The summed E-state index contributed by atoms with van der Waals surface area (Å²) in [7, 11) is 0. The number of rotatable bonds is 3. The van der Waals surface area contributed by atoms with Crippen molar-refractivity contribution in [1.29, 1.82) is 0 Å². The highest BCUT2D eigenvalue weighted by molar-refractivity contribution is 7.00. The van der Waals surface area contributed by atoms with Crippen LogP contribution < -0.4 is 26.2 Å². The Balaban J connectivity index is 1.25. The van der Waals surface area contributed by atoms with Gasteiger partial charge in [-0.2, -0.15) is 0 Å². The Hall–Kier alpha value is -6.00. The first kappa shape index (κ1) is 37.3. The van der Waals surface area contributed by atoms with Crippen LogP contribution in [0.4, 0.5) is 34.1 Å². The van der Waals surface area contributed by atoms with Crippen LogP contribution in [0.2, 0.25) is 0 Å². The van der Waals surface area contributed by atoms with Crippen LogP contribution in [-0.2, 0) is 16.2 Å². The third kappa shape index (κ3) is 6.02. The molecule has 8 aromatic rings. The van der Waals surface area contributed by atoms with E-state index < -0.39 is 0 Å². The third-order valence-corrected chi connectivity index (χ3v) is 12.8. The normalized spacial score (nSPS) is 13.8. The number of para-hydroxylation sites is 2. The van der Waals surface area contributed by atoms with E-state index in [0.717, 1.165) is 38.8 Å². The van der Waals surface area contributed by atoms with Gasteiger partial charge in [0.05, 0.1) is 0 Å². The molecule has 0 radical (unpaired) electrons. The summed E-state index contributed by atoms with van der Waals surface area (Å²) in [6.45, 7) is 23.1. The average Bonchev–Trinajstić information content (AvgIpc) is 3.58. The summed E-state index contributed by atoms with van der Waals surface area (Å²) in [6, 6.07) is 52.6. The molecular weight excluding hydrogens is 715 g/mol. The van der Waals surface area contributed by atoms with E-state index in [4.69, 9.17) is 4.42 Å². The largest absolute Gasteiger partial charge is 0.455 e. The van der Waals surface area contributed by atoms with Gasteiger partial charge in [0, 0.05) is 50.5 Å². The van der Waals surface area contributed by atoms with Crippen LogP contribution in [-0.4, -0.2) is 6.71 Å². The zero-order valence-corrected chi connectivity index (χ0v) is 36.2. The lowest BCUT2D eigenvalue weighted by Gasteiger charge is -2.45. The lowest BCUT2D eigenvalue weighted by atomic mass is 9.33. The quantitative estimate of drug-likeness (QED) is 0.167. The molecule has 1 aromatic heterocycles. The van der Waals surface area contributed by atoms with Crippen LogP contribution >= 0.6 is 0 Å². The Bertz CT molecular complexity index is 2970. The maximum Gasteiger partial charge on any atom is 0.252 e. The van der Waals surface area contributed by atoms with Gasteiger partial charge in [0.25, 0.3) is 6.71 Å². The highest BCUT2D eigenvalue weighted by Gasteiger charge is 2.44. The first-order chi connectivity index (χ1) is 28.1. The predicted octanol–water partition coefficient (Wildman–Crippen LogP) is 13.5. The molecule has 4 heteroatoms.